The molecule has 0 saturated carbocycles. The number of aromatic amines is 3. The molecule has 1 unspecified atom stereocenters. The Hall–Kier alpha value is -3.32. The smallest absolute Gasteiger partial charge is 0.279 e. The van der Waals surface area contributed by atoms with Crippen LogP contribution >= 0.6 is 0 Å². The Kier molecular flexibility index (Phi) is 6.88. The summed E-state index contributed by atoms with van der Waals surface area (Å²) in [6.07, 6.45) is 7.77. The summed E-state index contributed by atoms with van der Waals surface area (Å²) in [6.45, 7) is 7.19. The number of aliphatic hydroxyl groups excluding tert-OH is 2. The molecule has 0 amide bonds. The maximum Gasteiger partial charge on any atom is 0.279 e. The molecular formula is C27H36N8O4. The molecule has 12 nitrogen and oxygen atoms in total. The minimum atomic E-state index is -0.611. The van der Waals surface area contributed by atoms with Gasteiger partial charge in [0.05, 0.1) is 30.4 Å². The van der Waals surface area contributed by atoms with Crippen molar-refractivity contribution in [1.29, 1.82) is 0 Å². The fourth-order valence-corrected chi connectivity index (χ4v) is 6.51. The molecule has 2 saturated heterocycles. The summed E-state index contributed by atoms with van der Waals surface area (Å²) in [7, 11) is 0. The Morgan fingerprint density at radius 3 is 2.51 bits per heavy atom. The predicted molar refractivity (Wildman–Crippen MR) is 146 cm³/mol. The second kappa shape index (κ2) is 10.3. The first kappa shape index (κ1) is 25.9. The van der Waals surface area contributed by atoms with Crippen molar-refractivity contribution >= 4 is 22.1 Å². The van der Waals surface area contributed by atoms with Crippen LogP contribution in [0.5, 0.6) is 0 Å². The zero-order valence-electron chi connectivity index (χ0n) is 22.3. The lowest BCUT2D eigenvalue weighted by atomic mass is 10.0. The Morgan fingerprint density at radius 1 is 0.949 bits per heavy atom. The summed E-state index contributed by atoms with van der Waals surface area (Å²) in [5.41, 5.74) is 2.89. The molecule has 39 heavy (non-hydrogen) atoms. The number of hydrogen-bond donors (Lipinski definition) is 5. The number of β-amino-alcohol motifs (C(OH)–C–C–N with tert-alkyl or cyclic N) is 2. The second-order valence-corrected chi connectivity index (χ2v) is 11.1. The average Bonchev–Trinajstić information content (AvgIpc) is 3.69. The van der Waals surface area contributed by atoms with Gasteiger partial charge in [-0.1, -0.05) is 20.3 Å². The van der Waals surface area contributed by atoms with Crippen LogP contribution in [0.25, 0.3) is 22.1 Å². The number of aliphatic hydroxyl groups is 2. The van der Waals surface area contributed by atoms with Crippen LogP contribution in [0.3, 0.4) is 0 Å². The molecule has 2 aliphatic rings. The van der Waals surface area contributed by atoms with Gasteiger partial charge in [-0.25, -0.2) is 9.97 Å². The highest BCUT2D eigenvalue weighted by Gasteiger charge is 2.38. The quantitative estimate of drug-likeness (QED) is 0.224. The lowest BCUT2D eigenvalue weighted by Crippen LogP contribution is -2.38. The molecule has 5 atom stereocenters. The molecule has 6 heterocycles. The van der Waals surface area contributed by atoms with E-state index in [2.05, 4.69) is 43.6 Å². The number of nitrogens with zero attached hydrogens (tertiary/aromatic N) is 5. The van der Waals surface area contributed by atoms with Gasteiger partial charge < -0.3 is 25.2 Å². The highest BCUT2D eigenvalue weighted by atomic mass is 16.3. The molecular weight excluding hydrogens is 500 g/mol. The van der Waals surface area contributed by atoms with Gasteiger partial charge in [0.15, 0.2) is 0 Å². The summed E-state index contributed by atoms with van der Waals surface area (Å²) in [5.74, 6) is 0.344. The van der Waals surface area contributed by atoms with E-state index in [1.54, 1.807) is 17.1 Å². The molecule has 2 fully saturated rings. The molecule has 0 aliphatic carbocycles. The van der Waals surface area contributed by atoms with E-state index in [-0.39, 0.29) is 29.1 Å². The molecule has 6 rings (SSSR count). The van der Waals surface area contributed by atoms with Crippen LogP contribution < -0.4 is 11.1 Å². The molecule has 0 aromatic carbocycles. The third-order valence-corrected chi connectivity index (χ3v) is 8.57. The molecule has 0 radical (unpaired) electrons. The molecule has 5 N–H and O–H groups in total. The highest BCUT2D eigenvalue weighted by Crippen LogP contribution is 2.33. The zero-order chi connectivity index (χ0) is 27.3. The van der Waals surface area contributed by atoms with Crippen molar-refractivity contribution in [2.24, 2.45) is 11.8 Å². The van der Waals surface area contributed by atoms with Crippen LogP contribution in [-0.4, -0.2) is 87.9 Å². The van der Waals surface area contributed by atoms with Crippen molar-refractivity contribution in [3.05, 3.63) is 56.9 Å². The maximum atomic E-state index is 14.0. The van der Waals surface area contributed by atoms with Gasteiger partial charge in [0.2, 0.25) is 0 Å². The number of hydrogen-bond acceptors (Lipinski definition) is 8. The first-order valence-corrected chi connectivity index (χ1v) is 13.8. The SMILES string of the molecule is CCC[C@@H]1CN(C(c2c[nH]c3c(=O)[nH]cnc23)n2cnc3c(CN4C[C@@H](CC)[C@H](O)C4)c[nH]c3c2=O)C[C@H]1O. The highest BCUT2D eigenvalue weighted by molar-refractivity contribution is 5.79. The fourth-order valence-electron chi connectivity index (χ4n) is 6.51. The van der Waals surface area contributed by atoms with E-state index in [0.29, 0.717) is 53.8 Å². The van der Waals surface area contributed by atoms with Crippen LogP contribution in [0.2, 0.25) is 0 Å². The van der Waals surface area contributed by atoms with Gasteiger partial charge in [-0.2, -0.15) is 0 Å². The van der Waals surface area contributed by atoms with E-state index in [1.807, 2.05) is 6.20 Å². The number of rotatable bonds is 8. The Labute approximate surface area is 224 Å². The number of aromatic nitrogens is 6. The van der Waals surface area contributed by atoms with Crippen LogP contribution in [0.4, 0.5) is 0 Å². The first-order valence-electron chi connectivity index (χ1n) is 13.8. The van der Waals surface area contributed by atoms with Crippen LogP contribution in [-0.2, 0) is 6.54 Å². The maximum absolute atomic E-state index is 14.0. The van der Waals surface area contributed by atoms with Crippen molar-refractivity contribution in [2.75, 3.05) is 26.2 Å². The lowest BCUT2D eigenvalue weighted by Gasteiger charge is -2.29. The van der Waals surface area contributed by atoms with Gasteiger partial charge in [0.25, 0.3) is 11.1 Å². The normalized spacial score (nSPS) is 25.3. The van der Waals surface area contributed by atoms with Gasteiger partial charge in [-0.15, -0.1) is 0 Å². The van der Waals surface area contributed by atoms with Gasteiger partial charge in [0.1, 0.15) is 22.7 Å². The minimum absolute atomic E-state index is 0.0892. The van der Waals surface area contributed by atoms with Crippen LogP contribution in [0.1, 0.15) is 50.4 Å². The molecule has 2 aliphatic heterocycles. The van der Waals surface area contributed by atoms with Crippen molar-refractivity contribution in [2.45, 2.75) is 58.0 Å². The van der Waals surface area contributed by atoms with E-state index in [1.165, 1.54) is 6.33 Å². The predicted octanol–water partition coefficient (Wildman–Crippen LogP) is 1.13. The number of nitrogens with one attached hydrogen (secondary N) is 3. The van der Waals surface area contributed by atoms with Gasteiger partial charge in [0, 0.05) is 56.2 Å². The van der Waals surface area contributed by atoms with E-state index < -0.39 is 12.3 Å². The molecule has 4 aromatic rings. The zero-order valence-corrected chi connectivity index (χ0v) is 22.3. The monoisotopic (exact) mass is 536 g/mol. The summed E-state index contributed by atoms with van der Waals surface area (Å²) >= 11 is 0. The topological polar surface area (TPSA) is 159 Å². The summed E-state index contributed by atoms with van der Waals surface area (Å²) < 4.78 is 1.57. The largest absolute Gasteiger partial charge is 0.391 e. The molecule has 4 aromatic heterocycles. The minimum Gasteiger partial charge on any atom is -0.391 e. The molecule has 208 valence electrons. The van der Waals surface area contributed by atoms with E-state index in [0.717, 1.165) is 31.4 Å². The summed E-state index contributed by atoms with van der Waals surface area (Å²) in [5, 5.41) is 21.2. The van der Waals surface area contributed by atoms with Crippen molar-refractivity contribution < 1.29 is 10.2 Å². The van der Waals surface area contributed by atoms with E-state index >= 15 is 0 Å². The fraction of sp³-hybridized carbons (Fsp3) is 0.556. The van der Waals surface area contributed by atoms with Crippen molar-refractivity contribution in [1.82, 2.24) is 39.3 Å². The lowest BCUT2D eigenvalue weighted by molar-refractivity contribution is 0.129. The standard InChI is InChI=1S/C27H36N8O4/c1-3-5-16-10-34(12-20(16)37)26(18-7-29-23-22(18)30-13-31-25(23)38)35-14-32-21-17(6-28-24(21)27(35)39)9-33-8-15(4-2)19(36)11-33/h6-7,13-16,19-20,26,28-29,36-37H,3-5,8-12H2,1-2H3,(H,30,31,38)/t15-,16-,19-,20-,26?/m1/s1. The third kappa shape index (κ3) is 4.50. The number of likely N-dealkylation sites (tertiary alicyclic amines) is 2. The molecule has 0 spiro atoms. The summed E-state index contributed by atoms with van der Waals surface area (Å²) in [6, 6.07) is 0. The van der Waals surface area contributed by atoms with Crippen molar-refractivity contribution in [3.8, 4) is 0 Å². The molecule has 0 bridgehead atoms. The summed E-state index contributed by atoms with van der Waals surface area (Å²) in [4.78, 5) is 48.6. The number of fused-ring (bicyclic) bond motifs is 2. The first-order chi connectivity index (χ1) is 18.9. The Balaban J connectivity index is 1.40. The van der Waals surface area contributed by atoms with Crippen LogP contribution in [0.15, 0.2) is 34.6 Å². The Bertz CT molecular complexity index is 1590. The van der Waals surface area contributed by atoms with Gasteiger partial charge in [-0.05, 0) is 24.7 Å². The van der Waals surface area contributed by atoms with E-state index in [9.17, 15) is 19.8 Å². The second-order valence-electron chi connectivity index (χ2n) is 11.1. The average molecular weight is 537 g/mol. The van der Waals surface area contributed by atoms with Gasteiger partial charge in [-0.3, -0.25) is 24.0 Å². The van der Waals surface area contributed by atoms with Crippen molar-refractivity contribution in [3.63, 3.8) is 0 Å². The van der Waals surface area contributed by atoms with Gasteiger partial charge >= 0.3 is 0 Å². The van der Waals surface area contributed by atoms with Crippen LogP contribution in [0, 0.1) is 11.8 Å². The number of H-pyrrole nitrogens is 3. The van der Waals surface area contributed by atoms with E-state index in [4.69, 9.17) is 4.98 Å². The Morgan fingerprint density at radius 2 is 1.74 bits per heavy atom. The molecule has 12 heteroatoms. The third-order valence-electron chi connectivity index (χ3n) is 8.57.